The first-order valence-electron chi connectivity index (χ1n) is 9.75. The molecule has 1 aromatic heterocycles. The summed E-state index contributed by atoms with van der Waals surface area (Å²) in [7, 11) is 0. The highest BCUT2D eigenvalue weighted by Crippen LogP contribution is 2.22. The number of anilines is 1. The minimum absolute atomic E-state index is 0.164. The van der Waals surface area contributed by atoms with Gasteiger partial charge in [0.05, 0.1) is 18.2 Å². The van der Waals surface area contributed by atoms with Gasteiger partial charge < -0.3 is 5.32 Å². The monoisotopic (exact) mass is 439 g/mol. The van der Waals surface area contributed by atoms with Gasteiger partial charge in [0.1, 0.15) is 0 Å². The van der Waals surface area contributed by atoms with Crippen LogP contribution in [0.3, 0.4) is 0 Å². The summed E-state index contributed by atoms with van der Waals surface area (Å²) in [6.45, 7) is 3.25. The Morgan fingerprint density at radius 2 is 2.00 bits per heavy atom. The van der Waals surface area contributed by atoms with Crippen LogP contribution in [0.2, 0.25) is 5.02 Å². The first-order chi connectivity index (χ1) is 14.5. The van der Waals surface area contributed by atoms with Crippen LogP contribution in [0, 0.1) is 16.1 Å². The molecule has 0 radical (unpaired) electrons. The lowest BCUT2D eigenvalue weighted by Gasteiger charge is -2.06. The number of aromatic nitrogens is 3. The number of nitriles is 1. The van der Waals surface area contributed by atoms with Crippen molar-refractivity contribution in [3.8, 4) is 17.5 Å². The van der Waals surface area contributed by atoms with Crippen LogP contribution in [0.4, 0.5) is 5.69 Å². The number of nitrogens with zero attached hydrogens (tertiary/aromatic N) is 4. The van der Waals surface area contributed by atoms with Gasteiger partial charge in [0.15, 0.2) is 10.6 Å². The minimum Gasteiger partial charge on any atom is -0.326 e. The summed E-state index contributed by atoms with van der Waals surface area (Å²) in [5.41, 5.74) is 2.02. The third-order valence-corrected chi connectivity index (χ3v) is 5.27. The van der Waals surface area contributed by atoms with Gasteiger partial charge in [-0.15, -0.1) is 0 Å². The molecule has 0 bridgehead atoms. The highest BCUT2D eigenvalue weighted by atomic mass is 35.5. The number of carbonyl (C=O) groups excluding carboxylic acids is 1. The van der Waals surface area contributed by atoms with E-state index in [0.717, 1.165) is 30.8 Å². The average Bonchev–Trinajstić information content (AvgIpc) is 3.06. The molecule has 8 heteroatoms. The van der Waals surface area contributed by atoms with Gasteiger partial charge in [0.25, 0.3) is 0 Å². The molecule has 1 heterocycles. The van der Waals surface area contributed by atoms with E-state index < -0.39 is 0 Å². The first-order valence-corrected chi connectivity index (χ1v) is 10.5. The summed E-state index contributed by atoms with van der Waals surface area (Å²) in [6, 6.07) is 16.4. The molecule has 0 saturated carbocycles. The van der Waals surface area contributed by atoms with Crippen molar-refractivity contribution in [2.24, 2.45) is 0 Å². The van der Waals surface area contributed by atoms with Gasteiger partial charge >= 0.3 is 0 Å². The number of rotatable bonds is 8. The van der Waals surface area contributed by atoms with Crippen molar-refractivity contribution in [2.75, 3.05) is 5.32 Å². The van der Waals surface area contributed by atoms with Crippen LogP contribution in [-0.4, -0.2) is 20.3 Å². The van der Waals surface area contributed by atoms with Crippen LogP contribution >= 0.6 is 23.8 Å². The Bertz CT molecular complexity index is 1130. The van der Waals surface area contributed by atoms with Gasteiger partial charge in [-0.3, -0.25) is 9.36 Å². The van der Waals surface area contributed by atoms with Crippen LogP contribution < -0.4 is 5.32 Å². The molecule has 30 heavy (non-hydrogen) atoms. The van der Waals surface area contributed by atoms with Crippen molar-refractivity contribution in [1.29, 1.82) is 5.26 Å². The number of aryl methyl sites for hydroxylation is 1. The molecule has 0 fully saturated rings. The van der Waals surface area contributed by atoms with Crippen LogP contribution in [0.25, 0.3) is 11.4 Å². The molecule has 1 amide bonds. The third-order valence-electron chi connectivity index (χ3n) is 4.59. The highest BCUT2D eigenvalue weighted by molar-refractivity contribution is 7.71. The van der Waals surface area contributed by atoms with E-state index in [4.69, 9.17) is 29.1 Å². The molecule has 154 valence electrons. The summed E-state index contributed by atoms with van der Waals surface area (Å²) >= 11 is 11.6. The van der Waals surface area contributed by atoms with Crippen LogP contribution in [0.15, 0.2) is 48.5 Å². The molecule has 1 N–H and O–H groups in total. The first kappa shape index (κ1) is 21.8. The van der Waals surface area contributed by atoms with E-state index in [1.807, 2.05) is 28.8 Å². The van der Waals surface area contributed by atoms with Crippen molar-refractivity contribution < 1.29 is 4.79 Å². The third kappa shape index (κ3) is 5.35. The Morgan fingerprint density at radius 1 is 1.23 bits per heavy atom. The second-order valence-corrected chi connectivity index (χ2v) is 7.63. The minimum atomic E-state index is -0.164. The normalized spacial score (nSPS) is 10.6. The van der Waals surface area contributed by atoms with Gasteiger partial charge in [0.2, 0.25) is 5.91 Å². The molecule has 0 saturated heterocycles. The lowest BCUT2D eigenvalue weighted by molar-refractivity contribution is -0.116. The van der Waals surface area contributed by atoms with Gasteiger partial charge in [-0.2, -0.15) is 10.4 Å². The quantitative estimate of drug-likeness (QED) is 0.474. The molecule has 0 unspecified atom stereocenters. The van der Waals surface area contributed by atoms with Crippen molar-refractivity contribution in [3.05, 3.63) is 63.9 Å². The Balaban J connectivity index is 1.76. The van der Waals surface area contributed by atoms with Crippen molar-refractivity contribution in [2.45, 2.75) is 39.3 Å². The van der Waals surface area contributed by atoms with E-state index in [0.29, 0.717) is 27.6 Å². The number of halogens is 1. The summed E-state index contributed by atoms with van der Waals surface area (Å²) < 4.78 is 4.30. The molecule has 0 aliphatic rings. The molecule has 0 aliphatic carbocycles. The fraction of sp³-hybridized carbons (Fsp3) is 0.273. The number of carbonyl (C=O) groups is 1. The predicted octanol–water partition coefficient (Wildman–Crippen LogP) is 5.44. The fourth-order valence-electron chi connectivity index (χ4n) is 3.01. The molecule has 3 rings (SSSR count). The van der Waals surface area contributed by atoms with Crippen molar-refractivity contribution >= 4 is 35.4 Å². The maximum Gasteiger partial charge on any atom is 0.226 e. The fourth-order valence-corrected chi connectivity index (χ4v) is 3.45. The van der Waals surface area contributed by atoms with Crippen LogP contribution in [0.1, 0.15) is 31.7 Å². The van der Waals surface area contributed by atoms with E-state index in [-0.39, 0.29) is 12.3 Å². The highest BCUT2D eigenvalue weighted by Gasteiger charge is 2.14. The lowest BCUT2D eigenvalue weighted by atomic mass is 10.2. The number of unbranched alkanes of at least 4 members (excludes halogenated alkanes) is 1. The zero-order chi connectivity index (χ0) is 21.5. The zero-order valence-corrected chi connectivity index (χ0v) is 18.2. The average molecular weight is 440 g/mol. The molecule has 0 aliphatic heterocycles. The standard InChI is InChI=1S/C22H22ClN5OS/c1-2-3-12-27-21(17-7-9-18(23)10-8-17)26-28(22(27)30)13-11-20(29)25-19-6-4-5-16(14-19)15-24/h4-10,14H,2-3,11-13H2,1H3,(H,25,29). The number of benzene rings is 2. The van der Waals surface area contributed by atoms with Gasteiger partial charge in [0, 0.05) is 29.2 Å². The molecule has 2 aromatic carbocycles. The number of hydrogen-bond acceptors (Lipinski definition) is 4. The Labute approximate surface area is 185 Å². The zero-order valence-electron chi connectivity index (χ0n) is 16.6. The number of nitrogens with one attached hydrogen (secondary N) is 1. The maximum atomic E-state index is 12.4. The summed E-state index contributed by atoms with van der Waals surface area (Å²) in [4.78, 5) is 12.4. The Hall–Kier alpha value is -2.95. The molecular weight excluding hydrogens is 418 g/mol. The summed E-state index contributed by atoms with van der Waals surface area (Å²) in [6.07, 6.45) is 2.24. The van der Waals surface area contributed by atoms with Crippen LogP contribution in [-0.2, 0) is 17.9 Å². The molecule has 0 spiro atoms. The SMILES string of the molecule is CCCCn1c(-c2ccc(Cl)cc2)nn(CCC(=O)Nc2cccc(C#N)c2)c1=S. The lowest BCUT2D eigenvalue weighted by Crippen LogP contribution is -2.15. The van der Waals surface area contributed by atoms with Gasteiger partial charge in [-0.25, -0.2) is 4.68 Å². The number of amides is 1. The predicted molar refractivity (Wildman–Crippen MR) is 121 cm³/mol. The van der Waals surface area contributed by atoms with E-state index in [2.05, 4.69) is 23.4 Å². The van der Waals surface area contributed by atoms with Gasteiger partial charge in [-0.1, -0.05) is 31.0 Å². The second kappa shape index (κ2) is 10.2. The van der Waals surface area contributed by atoms with E-state index >= 15 is 0 Å². The second-order valence-electron chi connectivity index (χ2n) is 6.83. The van der Waals surface area contributed by atoms with E-state index in [9.17, 15) is 4.79 Å². The molecule has 6 nitrogen and oxygen atoms in total. The van der Waals surface area contributed by atoms with E-state index in [1.54, 1.807) is 28.9 Å². The van der Waals surface area contributed by atoms with Crippen molar-refractivity contribution in [3.63, 3.8) is 0 Å². The molecular formula is C22H22ClN5OS. The van der Waals surface area contributed by atoms with Crippen molar-refractivity contribution in [1.82, 2.24) is 14.3 Å². The number of hydrogen-bond donors (Lipinski definition) is 1. The summed E-state index contributed by atoms with van der Waals surface area (Å²) in [5.74, 6) is 0.607. The van der Waals surface area contributed by atoms with E-state index in [1.165, 1.54) is 0 Å². The summed E-state index contributed by atoms with van der Waals surface area (Å²) in [5, 5.41) is 17.1. The Morgan fingerprint density at radius 3 is 2.70 bits per heavy atom. The molecule has 0 atom stereocenters. The van der Waals surface area contributed by atoms with Gasteiger partial charge in [-0.05, 0) is 61.1 Å². The largest absolute Gasteiger partial charge is 0.326 e. The topological polar surface area (TPSA) is 75.6 Å². The smallest absolute Gasteiger partial charge is 0.226 e. The Kier molecular flexibility index (Phi) is 7.39. The maximum absolute atomic E-state index is 12.4. The molecule has 3 aromatic rings. The van der Waals surface area contributed by atoms with Crippen LogP contribution in [0.5, 0.6) is 0 Å².